The molecule has 9 heteroatoms. The molecule has 6 nitrogen and oxygen atoms in total. The summed E-state index contributed by atoms with van der Waals surface area (Å²) in [6.45, 7) is 0.445. The number of hydrogen-bond donors (Lipinski definition) is 1. The predicted octanol–water partition coefficient (Wildman–Crippen LogP) is 3.57. The highest BCUT2D eigenvalue weighted by Crippen LogP contribution is 2.59. The van der Waals surface area contributed by atoms with Gasteiger partial charge in [0.05, 0.1) is 5.56 Å². The van der Waals surface area contributed by atoms with Crippen molar-refractivity contribution >= 4 is 5.91 Å². The third-order valence-corrected chi connectivity index (χ3v) is 7.02. The fourth-order valence-electron chi connectivity index (χ4n) is 6.30. The molecule has 0 atom stereocenters. The zero-order chi connectivity index (χ0) is 20.4. The van der Waals surface area contributed by atoms with E-state index in [1.807, 2.05) is 0 Å². The van der Waals surface area contributed by atoms with E-state index in [4.69, 9.17) is 0 Å². The quantitative estimate of drug-likeness (QED) is 0.843. The molecule has 2 aromatic heterocycles. The summed E-state index contributed by atoms with van der Waals surface area (Å²) in [5, 5.41) is 6.45. The molecule has 2 aromatic rings. The molecule has 1 amide bonds. The van der Waals surface area contributed by atoms with E-state index in [9.17, 15) is 18.0 Å². The molecule has 1 N–H and O–H groups in total. The number of carbonyl (C=O) groups excluding carboxylic acids is 1. The van der Waals surface area contributed by atoms with Crippen molar-refractivity contribution in [3.63, 3.8) is 0 Å². The Kier molecular flexibility index (Phi) is 4.08. The van der Waals surface area contributed by atoms with Crippen molar-refractivity contribution in [3.8, 4) is 5.95 Å². The number of carbonyl (C=O) groups is 1. The summed E-state index contributed by atoms with van der Waals surface area (Å²) >= 11 is 0. The molecule has 4 aliphatic rings. The molecule has 29 heavy (non-hydrogen) atoms. The smallest absolute Gasteiger partial charge is 0.351 e. The Hall–Kier alpha value is -2.32. The van der Waals surface area contributed by atoms with Crippen molar-refractivity contribution in [1.82, 2.24) is 24.6 Å². The number of halogens is 3. The van der Waals surface area contributed by atoms with Gasteiger partial charge >= 0.3 is 6.18 Å². The fourth-order valence-corrected chi connectivity index (χ4v) is 6.30. The van der Waals surface area contributed by atoms with Gasteiger partial charge in [-0.3, -0.25) is 4.79 Å². The van der Waals surface area contributed by atoms with Crippen molar-refractivity contribution in [1.29, 1.82) is 0 Å². The van der Waals surface area contributed by atoms with Gasteiger partial charge in [0.2, 0.25) is 5.95 Å². The van der Waals surface area contributed by atoms with Crippen LogP contribution in [0.15, 0.2) is 18.6 Å². The number of aryl methyl sites for hydroxylation is 1. The highest BCUT2D eigenvalue weighted by molar-refractivity contribution is 5.95. The van der Waals surface area contributed by atoms with Crippen LogP contribution in [0.3, 0.4) is 0 Å². The SMILES string of the molecule is Cn1ccnc1-n1cc(C(=O)NCC23CC4CC(CC(C4)C2)C3)c(C(F)(F)F)n1. The van der Waals surface area contributed by atoms with E-state index in [0.717, 1.165) is 47.9 Å². The van der Waals surface area contributed by atoms with Crippen LogP contribution in [0.25, 0.3) is 5.95 Å². The fraction of sp³-hybridized carbons (Fsp3) is 0.650. The van der Waals surface area contributed by atoms with Crippen LogP contribution in [0.4, 0.5) is 13.2 Å². The van der Waals surface area contributed by atoms with Gasteiger partial charge in [-0.15, -0.1) is 0 Å². The van der Waals surface area contributed by atoms with Crippen LogP contribution in [0.1, 0.15) is 54.6 Å². The maximum Gasteiger partial charge on any atom is 0.435 e. The second-order valence-corrected chi connectivity index (χ2v) is 9.27. The summed E-state index contributed by atoms with van der Waals surface area (Å²) in [4.78, 5) is 16.8. The lowest BCUT2D eigenvalue weighted by Gasteiger charge is -2.56. The minimum absolute atomic E-state index is 0.0540. The average Bonchev–Trinajstić information content (AvgIpc) is 3.24. The van der Waals surface area contributed by atoms with Gasteiger partial charge in [0.15, 0.2) is 5.69 Å². The first kappa shape index (κ1) is 18.7. The molecule has 0 unspecified atom stereocenters. The molecular formula is C20H24F3N5O. The number of nitrogens with one attached hydrogen (secondary N) is 1. The van der Waals surface area contributed by atoms with Gasteiger partial charge in [-0.1, -0.05) is 0 Å². The first-order valence-electron chi connectivity index (χ1n) is 10.2. The van der Waals surface area contributed by atoms with Gasteiger partial charge in [-0.2, -0.15) is 18.3 Å². The minimum Gasteiger partial charge on any atom is -0.351 e. The van der Waals surface area contributed by atoms with E-state index in [-0.39, 0.29) is 11.4 Å². The van der Waals surface area contributed by atoms with E-state index in [2.05, 4.69) is 15.4 Å². The van der Waals surface area contributed by atoms with E-state index < -0.39 is 23.3 Å². The van der Waals surface area contributed by atoms with Crippen LogP contribution in [0.5, 0.6) is 0 Å². The van der Waals surface area contributed by atoms with Crippen LogP contribution < -0.4 is 5.32 Å². The van der Waals surface area contributed by atoms with Gasteiger partial charge in [-0.05, 0) is 61.7 Å². The summed E-state index contributed by atoms with van der Waals surface area (Å²) in [5.74, 6) is 1.66. The highest BCUT2D eigenvalue weighted by atomic mass is 19.4. The van der Waals surface area contributed by atoms with Gasteiger partial charge in [0.1, 0.15) is 0 Å². The van der Waals surface area contributed by atoms with Gasteiger partial charge < -0.3 is 9.88 Å². The maximum absolute atomic E-state index is 13.5. The summed E-state index contributed by atoms with van der Waals surface area (Å²) in [7, 11) is 1.66. The monoisotopic (exact) mass is 407 g/mol. The zero-order valence-electron chi connectivity index (χ0n) is 16.2. The molecule has 0 aliphatic heterocycles. The van der Waals surface area contributed by atoms with Crippen LogP contribution in [0.2, 0.25) is 0 Å². The normalized spacial score (nSPS) is 30.7. The molecule has 4 bridgehead atoms. The summed E-state index contributed by atoms with van der Waals surface area (Å²) in [6.07, 6.45) is 6.57. The topological polar surface area (TPSA) is 64.7 Å². The van der Waals surface area contributed by atoms with E-state index in [1.54, 1.807) is 17.8 Å². The maximum atomic E-state index is 13.5. The molecular weight excluding hydrogens is 383 g/mol. The Morgan fingerprint density at radius 3 is 2.34 bits per heavy atom. The second-order valence-electron chi connectivity index (χ2n) is 9.27. The predicted molar refractivity (Wildman–Crippen MR) is 98.3 cm³/mol. The van der Waals surface area contributed by atoms with Crippen molar-refractivity contribution in [2.75, 3.05) is 6.54 Å². The molecule has 4 fully saturated rings. The third kappa shape index (κ3) is 3.24. The molecule has 2 heterocycles. The Morgan fingerprint density at radius 2 is 1.83 bits per heavy atom. The number of nitrogens with zero attached hydrogens (tertiary/aromatic N) is 4. The van der Waals surface area contributed by atoms with E-state index in [0.29, 0.717) is 6.54 Å². The Morgan fingerprint density at radius 1 is 1.21 bits per heavy atom. The summed E-state index contributed by atoms with van der Waals surface area (Å²) < 4.78 is 43.2. The molecule has 6 rings (SSSR count). The van der Waals surface area contributed by atoms with Gasteiger partial charge in [-0.25, -0.2) is 9.67 Å². The second kappa shape index (κ2) is 6.34. The van der Waals surface area contributed by atoms with Gasteiger partial charge in [0, 0.05) is 32.2 Å². The van der Waals surface area contributed by atoms with Crippen LogP contribution in [0, 0.1) is 23.2 Å². The number of hydrogen-bond acceptors (Lipinski definition) is 3. The number of amides is 1. The number of alkyl halides is 3. The van der Waals surface area contributed by atoms with Crippen LogP contribution >= 0.6 is 0 Å². The Bertz CT molecular complexity index is 909. The molecule has 0 spiro atoms. The molecule has 0 aromatic carbocycles. The number of rotatable bonds is 4. The molecule has 4 aliphatic carbocycles. The molecule has 0 radical (unpaired) electrons. The lowest BCUT2D eigenvalue weighted by atomic mass is 9.49. The minimum atomic E-state index is -4.72. The summed E-state index contributed by atoms with van der Waals surface area (Å²) in [6, 6.07) is 0. The highest BCUT2D eigenvalue weighted by Gasteiger charge is 2.51. The lowest BCUT2D eigenvalue weighted by Crippen LogP contribution is -2.51. The first-order valence-corrected chi connectivity index (χ1v) is 10.2. The lowest BCUT2D eigenvalue weighted by molar-refractivity contribution is -0.141. The van der Waals surface area contributed by atoms with Crippen molar-refractivity contribution in [3.05, 3.63) is 29.8 Å². The van der Waals surface area contributed by atoms with Crippen LogP contribution in [-0.2, 0) is 13.2 Å². The third-order valence-electron chi connectivity index (χ3n) is 7.02. The largest absolute Gasteiger partial charge is 0.435 e. The molecule has 156 valence electrons. The number of imidazole rings is 1. The summed E-state index contributed by atoms with van der Waals surface area (Å²) in [5.41, 5.74) is -1.58. The van der Waals surface area contributed by atoms with Crippen LogP contribution in [-0.4, -0.2) is 31.8 Å². The Balaban J connectivity index is 1.38. The molecule has 4 saturated carbocycles. The van der Waals surface area contributed by atoms with Crippen molar-refractivity contribution in [2.45, 2.75) is 44.7 Å². The first-order chi connectivity index (χ1) is 13.7. The van der Waals surface area contributed by atoms with Crippen molar-refractivity contribution in [2.24, 2.45) is 30.2 Å². The zero-order valence-corrected chi connectivity index (χ0v) is 16.2. The average molecular weight is 407 g/mol. The van der Waals surface area contributed by atoms with E-state index in [1.165, 1.54) is 25.5 Å². The van der Waals surface area contributed by atoms with Crippen molar-refractivity contribution < 1.29 is 18.0 Å². The Labute approximate surface area is 166 Å². The van der Waals surface area contributed by atoms with E-state index >= 15 is 0 Å². The van der Waals surface area contributed by atoms with Gasteiger partial charge in [0.25, 0.3) is 5.91 Å². The standard InChI is InChI=1S/C20H24F3N5O/c1-27-3-2-24-18(27)28-10-15(16(26-28)20(21,22)23)17(29)25-11-19-7-12-4-13(8-19)6-14(5-12)9-19/h2-3,10,12-14H,4-9,11H2,1H3,(H,25,29). The number of aromatic nitrogens is 4. The molecule has 0 saturated heterocycles.